The number of likely N-dealkylation sites (tertiary alicyclic amines) is 1. The number of carbonyl (C=O) groups excluding carboxylic acids is 2. The van der Waals surface area contributed by atoms with Crippen LogP contribution in [0.4, 0.5) is 4.79 Å². The van der Waals surface area contributed by atoms with Gasteiger partial charge in [-0.15, -0.1) is 0 Å². The van der Waals surface area contributed by atoms with Crippen molar-refractivity contribution in [2.75, 3.05) is 59.4 Å². The SMILES string of the molecule is C[C@H](C(=O)N1CCN(C2CCN(C)CC2)CC1)N(C(=O)OC(C)(C)C)N1CCCCC1. The Balaban J connectivity index is 1.60. The van der Waals surface area contributed by atoms with E-state index in [1.807, 2.05) is 37.6 Å². The maximum atomic E-state index is 13.4. The molecule has 0 unspecified atom stereocenters. The van der Waals surface area contributed by atoms with Gasteiger partial charge in [-0.2, -0.15) is 0 Å². The minimum absolute atomic E-state index is 0.0273. The summed E-state index contributed by atoms with van der Waals surface area (Å²) < 4.78 is 5.68. The van der Waals surface area contributed by atoms with Crippen LogP contribution < -0.4 is 0 Å². The van der Waals surface area contributed by atoms with Gasteiger partial charge in [0.1, 0.15) is 11.6 Å². The molecule has 8 heteroatoms. The molecule has 0 bridgehead atoms. The topological polar surface area (TPSA) is 59.6 Å². The molecule has 0 saturated carbocycles. The number of hydrazine groups is 1. The summed E-state index contributed by atoms with van der Waals surface area (Å²) >= 11 is 0. The zero-order valence-corrected chi connectivity index (χ0v) is 20.3. The highest BCUT2D eigenvalue weighted by atomic mass is 16.6. The zero-order chi connectivity index (χ0) is 22.6. The second-order valence-corrected chi connectivity index (χ2v) is 10.4. The van der Waals surface area contributed by atoms with Crippen LogP contribution in [0.25, 0.3) is 0 Å². The van der Waals surface area contributed by atoms with E-state index in [9.17, 15) is 9.59 Å². The smallest absolute Gasteiger partial charge is 0.425 e. The Morgan fingerprint density at radius 3 is 2.03 bits per heavy atom. The van der Waals surface area contributed by atoms with E-state index in [0.29, 0.717) is 6.04 Å². The molecule has 3 heterocycles. The van der Waals surface area contributed by atoms with Gasteiger partial charge in [-0.3, -0.25) is 9.69 Å². The van der Waals surface area contributed by atoms with Crippen LogP contribution in [-0.2, 0) is 9.53 Å². The van der Waals surface area contributed by atoms with E-state index in [0.717, 1.165) is 65.2 Å². The van der Waals surface area contributed by atoms with Crippen LogP contribution in [-0.4, -0.2) is 114 Å². The number of hydrogen-bond acceptors (Lipinski definition) is 6. The Labute approximate surface area is 188 Å². The van der Waals surface area contributed by atoms with Gasteiger partial charge >= 0.3 is 6.09 Å². The van der Waals surface area contributed by atoms with Gasteiger partial charge < -0.3 is 14.5 Å². The van der Waals surface area contributed by atoms with E-state index in [1.54, 1.807) is 5.01 Å². The van der Waals surface area contributed by atoms with Crippen LogP contribution in [0.15, 0.2) is 0 Å². The zero-order valence-electron chi connectivity index (χ0n) is 20.3. The van der Waals surface area contributed by atoms with Crippen molar-refractivity contribution < 1.29 is 14.3 Å². The molecule has 1 atom stereocenters. The predicted octanol–water partition coefficient (Wildman–Crippen LogP) is 2.25. The van der Waals surface area contributed by atoms with E-state index in [2.05, 4.69) is 16.8 Å². The largest absolute Gasteiger partial charge is 0.443 e. The standard InChI is InChI=1S/C23H43N5O3/c1-19(28(22(30)31-23(2,3)4)27-11-7-6-8-12-27)21(29)26-17-15-25(16-18-26)20-9-13-24(5)14-10-20/h19-20H,6-18H2,1-5H3/t19-/m1/s1. The van der Waals surface area contributed by atoms with Gasteiger partial charge in [0, 0.05) is 45.3 Å². The average molecular weight is 438 g/mol. The monoisotopic (exact) mass is 437 g/mol. The van der Waals surface area contributed by atoms with Crippen LogP contribution in [0, 0.1) is 0 Å². The predicted molar refractivity (Wildman–Crippen MR) is 122 cm³/mol. The Hall–Kier alpha value is -1.38. The maximum absolute atomic E-state index is 13.4. The van der Waals surface area contributed by atoms with Crippen LogP contribution in [0.5, 0.6) is 0 Å². The molecule has 3 saturated heterocycles. The van der Waals surface area contributed by atoms with Crippen molar-refractivity contribution in [3.8, 4) is 0 Å². The third-order valence-electron chi connectivity index (χ3n) is 6.77. The first kappa shape index (κ1) is 24.3. The number of carbonyl (C=O) groups is 2. The van der Waals surface area contributed by atoms with E-state index in [-0.39, 0.29) is 5.91 Å². The van der Waals surface area contributed by atoms with Crippen LogP contribution in [0.1, 0.15) is 59.8 Å². The molecule has 0 N–H and O–H groups in total. The molecule has 0 aliphatic carbocycles. The lowest BCUT2D eigenvalue weighted by atomic mass is 10.0. The second-order valence-electron chi connectivity index (χ2n) is 10.4. The minimum Gasteiger partial charge on any atom is -0.443 e. The van der Waals surface area contributed by atoms with E-state index in [4.69, 9.17) is 4.74 Å². The summed E-state index contributed by atoms with van der Waals surface area (Å²) in [5.41, 5.74) is -0.590. The number of piperidine rings is 2. The van der Waals surface area contributed by atoms with Crippen molar-refractivity contribution in [3.05, 3.63) is 0 Å². The fourth-order valence-electron chi connectivity index (χ4n) is 4.96. The highest BCUT2D eigenvalue weighted by molar-refractivity contribution is 5.85. The molecule has 0 aromatic carbocycles. The molecule has 0 radical (unpaired) electrons. The molecule has 8 nitrogen and oxygen atoms in total. The third-order valence-corrected chi connectivity index (χ3v) is 6.77. The summed E-state index contributed by atoms with van der Waals surface area (Å²) in [6.07, 6.45) is 5.25. The van der Waals surface area contributed by atoms with Gasteiger partial charge in [0.05, 0.1) is 0 Å². The molecule has 2 amide bonds. The number of piperazine rings is 1. The Morgan fingerprint density at radius 2 is 1.48 bits per heavy atom. The first-order chi connectivity index (χ1) is 14.7. The van der Waals surface area contributed by atoms with Crippen LogP contribution in [0.3, 0.4) is 0 Å². The Kier molecular flexibility index (Phi) is 8.21. The highest BCUT2D eigenvalue weighted by Gasteiger charge is 2.38. The lowest BCUT2D eigenvalue weighted by Gasteiger charge is -2.45. The van der Waals surface area contributed by atoms with Crippen LogP contribution in [0.2, 0.25) is 0 Å². The molecule has 178 valence electrons. The van der Waals surface area contributed by atoms with E-state index >= 15 is 0 Å². The first-order valence-electron chi connectivity index (χ1n) is 12.1. The first-order valence-corrected chi connectivity index (χ1v) is 12.1. The lowest BCUT2D eigenvalue weighted by molar-refractivity contribution is -0.148. The Morgan fingerprint density at radius 1 is 0.903 bits per heavy atom. The molecule has 3 rings (SSSR count). The van der Waals surface area contributed by atoms with Crippen molar-refractivity contribution >= 4 is 12.0 Å². The molecule has 3 aliphatic heterocycles. The van der Waals surface area contributed by atoms with E-state index in [1.165, 1.54) is 19.3 Å². The van der Waals surface area contributed by atoms with Crippen molar-refractivity contribution in [1.82, 2.24) is 24.7 Å². The summed E-state index contributed by atoms with van der Waals surface area (Å²) in [7, 11) is 2.19. The summed E-state index contributed by atoms with van der Waals surface area (Å²) in [4.78, 5) is 33.3. The average Bonchev–Trinajstić information content (AvgIpc) is 2.73. The van der Waals surface area contributed by atoms with E-state index < -0.39 is 17.7 Å². The minimum atomic E-state index is -0.590. The van der Waals surface area contributed by atoms with Crippen molar-refractivity contribution in [2.24, 2.45) is 0 Å². The maximum Gasteiger partial charge on any atom is 0.425 e. The number of nitrogens with zero attached hydrogens (tertiary/aromatic N) is 5. The normalized spacial score (nSPS) is 24.1. The van der Waals surface area contributed by atoms with Gasteiger partial charge in [-0.25, -0.2) is 14.8 Å². The number of rotatable bonds is 4. The highest BCUT2D eigenvalue weighted by Crippen LogP contribution is 2.21. The fraction of sp³-hybridized carbons (Fsp3) is 0.913. The molecular formula is C23H43N5O3. The summed E-state index contributed by atoms with van der Waals surface area (Å²) in [5.74, 6) is 0.0273. The Bertz CT molecular complexity index is 601. The van der Waals surface area contributed by atoms with Gasteiger partial charge in [-0.05, 0) is 73.5 Å². The lowest BCUT2D eigenvalue weighted by Crippen LogP contribution is -2.61. The molecule has 31 heavy (non-hydrogen) atoms. The van der Waals surface area contributed by atoms with Crippen LogP contribution >= 0.6 is 0 Å². The second kappa shape index (κ2) is 10.5. The van der Waals surface area contributed by atoms with Crippen molar-refractivity contribution in [2.45, 2.75) is 77.5 Å². The molecule has 0 aromatic rings. The van der Waals surface area contributed by atoms with Gasteiger partial charge in [0.25, 0.3) is 0 Å². The third kappa shape index (κ3) is 6.56. The molecule has 3 fully saturated rings. The van der Waals surface area contributed by atoms with Gasteiger partial charge in [0.2, 0.25) is 5.91 Å². The molecule has 0 aromatic heterocycles. The number of hydrogen-bond donors (Lipinski definition) is 0. The van der Waals surface area contributed by atoms with Crippen molar-refractivity contribution in [1.29, 1.82) is 0 Å². The number of ether oxygens (including phenoxy) is 1. The van der Waals surface area contributed by atoms with Gasteiger partial charge in [-0.1, -0.05) is 6.42 Å². The molecule has 0 spiro atoms. The molecular weight excluding hydrogens is 394 g/mol. The quantitative estimate of drug-likeness (QED) is 0.672. The van der Waals surface area contributed by atoms with Crippen molar-refractivity contribution in [3.63, 3.8) is 0 Å². The summed E-state index contributed by atoms with van der Waals surface area (Å²) in [6, 6.07) is 0.0836. The van der Waals surface area contributed by atoms with Gasteiger partial charge in [0.15, 0.2) is 0 Å². The molecule has 3 aliphatic rings. The summed E-state index contributed by atoms with van der Waals surface area (Å²) in [6.45, 7) is 14.7. The number of amides is 2. The fourth-order valence-corrected chi connectivity index (χ4v) is 4.96. The summed E-state index contributed by atoms with van der Waals surface area (Å²) in [5, 5.41) is 3.62.